The van der Waals surface area contributed by atoms with Crippen molar-refractivity contribution in [3.8, 4) is 84.2 Å². The summed E-state index contributed by atoms with van der Waals surface area (Å²) < 4.78 is 2.25. The van der Waals surface area contributed by atoms with E-state index in [9.17, 15) is 0 Å². The molecular weight excluding hydrogens is 841 g/mol. The summed E-state index contributed by atoms with van der Waals surface area (Å²) in [6.07, 6.45) is 9.32. The monoisotopic (exact) mass is 880 g/mol. The van der Waals surface area contributed by atoms with Gasteiger partial charge in [0.1, 0.15) is 0 Å². The fourth-order valence-electron chi connectivity index (χ4n) is 10.1. The number of para-hydroxylation sites is 1. The first-order valence-corrected chi connectivity index (χ1v) is 23.1. The van der Waals surface area contributed by atoms with E-state index in [1.165, 1.54) is 38.2 Å². The molecule has 322 valence electrons. The van der Waals surface area contributed by atoms with E-state index in [4.69, 9.17) is 15.0 Å². The van der Waals surface area contributed by atoms with Crippen LogP contribution in [0.4, 0.5) is 0 Å². The van der Waals surface area contributed by atoms with Crippen LogP contribution in [0.25, 0.3) is 128 Å². The van der Waals surface area contributed by atoms with Crippen LogP contribution < -0.4 is 0 Å². The first-order chi connectivity index (χ1) is 34.2. The van der Waals surface area contributed by atoms with Gasteiger partial charge in [0.25, 0.3) is 0 Å². The van der Waals surface area contributed by atoms with Gasteiger partial charge in [-0.2, -0.15) is 0 Å². The highest BCUT2D eigenvalue weighted by Gasteiger charge is 2.19. The molecule has 6 aromatic heterocycles. The summed E-state index contributed by atoms with van der Waals surface area (Å²) >= 11 is 0. The van der Waals surface area contributed by atoms with Gasteiger partial charge in [-0.15, -0.1) is 0 Å². The molecule has 0 unspecified atom stereocenters. The molecule has 0 spiro atoms. The maximum absolute atomic E-state index is 5.41. The van der Waals surface area contributed by atoms with E-state index in [1.54, 1.807) is 12.4 Å². The van der Waals surface area contributed by atoms with E-state index in [0.717, 1.165) is 89.3 Å². The zero-order chi connectivity index (χ0) is 45.7. The summed E-state index contributed by atoms with van der Waals surface area (Å²) in [4.78, 5) is 24.5. The van der Waals surface area contributed by atoms with Crippen LogP contribution in [0, 0.1) is 0 Å². The molecule has 0 saturated heterocycles. The number of fused-ring (bicyclic) bond motifs is 5. The predicted molar refractivity (Wildman–Crippen MR) is 283 cm³/mol. The lowest BCUT2D eigenvalue weighted by atomic mass is 9.85. The Labute approximate surface area is 398 Å². The summed E-state index contributed by atoms with van der Waals surface area (Å²) in [5, 5.41) is 7.14. The number of nitrogens with zero attached hydrogens (tertiary/aromatic N) is 6. The van der Waals surface area contributed by atoms with Gasteiger partial charge in [-0.05, 0) is 122 Å². The van der Waals surface area contributed by atoms with Crippen LogP contribution in [0.2, 0.25) is 0 Å². The van der Waals surface area contributed by atoms with Crippen molar-refractivity contribution in [3.05, 3.63) is 243 Å². The highest BCUT2D eigenvalue weighted by Crippen LogP contribution is 2.45. The smallest absolute Gasteiger partial charge is 0.0900 e. The Balaban J connectivity index is 0.969. The van der Waals surface area contributed by atoms with Crippen molar-refractivity contribution in [2.24, 2.45) is 0 Å². The lowest BCUT2D eigenvalue weighted by Gasteiger charge is -2.18. The Morgan fingerprint density at radius 2 is 0.783 bits per heavy atom. The molecule has 6 nitrogen and oxygen atoms in total. The molecule has 0 saturated carbocycles. The van der Waals surface area contributed by atoms with Crippen molar-refractivity contribution in [1.82, 2.24) is 29.5 Å². The van der Waals surface area contributed by atoms with Crippen LogP contribution in [0.1, 0.15) is 0 Å². The lowest BCUT2D eigenvalue weighted by Crippen LogP contribution is -1.98. The van der Waals surface area contributed by atoms with Crippen molar-refractivity contribution in [1.29, 1.82) is 0 Å². The van der Waals surface area contributed by atoms with Gasteiger partial charge in [0.05, 0.1) is 51.4 Å². The number of hydrogen-bond donors (Lipinski definition) is 0. The van der Waals surface area contributed by atoms with E-state index in [2.05, 4.69) is 209 Å². The zero-order valence-electron chi connectivity index (χ0n) is 37.3. The molecule has 13 aromatic rings. The van der Waals surface area contributed by atoms with Gasteiger partial charge in [-0.3, -0.25) is 15.0 Å². The van der Waals surface area contributed by atoms with Gasteiger partial charge in [-0.25, -0.2) is 9.97 Å². The number of pyridine rings is 5. The number of benzene rings is 7. The summed E-state index contributed by atoms with van der Waals surface area (Å²) in [7, 11) is 0. The first-order valence-electron chi connectivity index (χ1n) is 23.1. The van der Waals surface area contributed by atoms with Crippen molar-refractivity contribution in [2.75, 3.05) is 0 Å². The summed E-state index contributed by atoms with van der Waals surface area (Å²) in [5.74, 6) is 0. The molecule has 0 atom stereocenters. The molecule has 7 aromatic carbocycles. The highest BCUT2D eigenvalue weighted by molar-refractivity contribution is 6.21. The second-order valence-corrected chi connectivity index (χ2v) is 17.3. The fraction of sp³-hybridized carbons (Fsp3) is 0. The minimum atomic E-state index is 0.741. The maximum Gasteiger partial charge on any atom is 0.0900 e. The Hall–Kier alpha value is -9.39. The molecule has 0 radical (unpaired) electrons. The first kappa shape index (κ1) is 39.9. The topological polar surface area (TPSA) is 69.4 Å². The Morgan fingerprint density at radius 1 is 0.275 bits per heavy atom. The molecule has 6 heteroatoms. The Kier molecular flexibility index (Phi) is 9.72. The zero-order valence-corrected chi connectivity index (χ0v) is 37.3. The number of rotatable bonds is 8. The minimum Gasteiger partial charge on any atom is -0.308 e. The molecule has 0 fully saturated rings. The van der Waals surface area contributed by atoms with Crippen LogP contribution in [0.5, 0.6) is 0 Å². The molecular formula is C63H40N6. The third-order valence-corrected chi connectivity index (χ3v) is 13.2. The second kappa shape index (κ2) is 16.8. The fourth-order valence-corrected chi connectivity index (χ4v) is 10.1. The molecule has 13 rings (SSSR count). The van der Waals surface area contributed by atoms with Crippen molar-refractivity contribution < 1.29 is 0 Å². The average Bonchev–Trinajstić information content (AvgIpc) is 3.77. The average molecular weight is 881 g/mol. The standard InChI is InChI=1S/C63H40N6/c1-3-14-41(15-4-1)56-35-46(44-18-13-19-45(34-44)63-52-23-9-7-21-50(52)62(43-16-5-2-6-17-43)51-22-8-10-24-53(51)63)36-58(67-56)47-37-57(42-28-31-64-32-29-42)68-59(38-47)55-27-26-48(39-66-55)69-60-25-12-11-20-49(60)54-40-65-33-30-61(54)69/h1-40H. The summed E-state index contributed by atoms with van der Waals surface area (Å²) in [6, 6.07) is 75.1. The SMILES string of the molecule is c1ccc(-c2cc(-c3cccc(-c4c5ccccc5c(-c5ccccc5)c5ccccc45)c3)cc(-c3cc(-c4ccncc4)nc(-c4ccc(-n5c6ccccc6c6cnccc65)cn4)c3)n2)cc1. The predicted octanol–water partition coefficient (Wildman–Crippen LogP) is 15.7. The van der Waals surface area contributed by atoms with E-state index < -0.39 is 0 Å². The molecule has 0 bridgehead atoms. The minimum absolute atomic E-state index is 0.741. The largest absolute Gasteiger partial charge is 0.308 e. The van der Waals surface area contributed by atoms with Gasteiger partial charge >= 0.3 is 0 Å². The van der Waals surface area contributed by atoms with Crippen LogP contribution in [-0.2, 0) is 0 Å². The van der Waals surface area contributed by atoms with Gasteiger partial charge in [0, 0.05) is 52.3 Å². The van der Waals surface area contributed by atoms with Crippen molar-refractivity contribution in [3.63, 3.8) is 0 Å². The third kappa shape index (κ3) is 7.10. The van der Waals surface area contributed by atoms with Crippen LogP contribution >= 0.6 is 0 Å². The molecule has 0 aliphatic carbocycles. The van der Waals surface area contributed by atoms with E-state index in [-0.39, 0.29) is 0 Å². The van der Waals surface area contributed by atoms with E-state index >= 15 is 0 Å². The third-order valence-electron chi connectivity index (χ3n) is 13.2. The van der Waals surface area contributed by atoms with Crippen molar-refractivity contribution in [2.45, 2.75) is 0 Å². The maximum atomic E-state index is 5.41. The van der Waals surface area contributed by atoms with Crippen LogP contribution in [-0.4, -0.2) is 29.5 Å². The van der Waals surface area contributed by atoms with Crippen molar-refractivity contribution >= 4 is 43.4 Å². The number of aromatic nitrogens is 6. The molecule has 0 aliphatic heterocycles. The highest BCUT2D eigenvalue weighted by atomic mass is 15.0. The van der Waals surface area contributed by atoms with E-state index in [1.807, 2.05) is 36.8 Å². The molecule has 0 N–H and O–H groups in total. The molecule has 0 amide bonds. The van der Waals surface area contributed by atoms with Gasteiger partial charge in [0.15, 0.2) is 0 Å². The normalized spacial score (nSPS) is 11.5. The quantitative estimate of drug-likeness (QED) is 0.142. The van der Waals surface area contributed by atoms with Gasteiger partial charge in [-0.1, -0.05) is 146 Å². The van der Waals surface area contributed by atoms with E-state index in [0.29, 0.717) is 0 Å². The molecule has 69 heavy (non-hydrogen) atoms. The van der Waals surface area contributed by atoms with Gasteiger partial charge < -0.3 is 4.57 Å². The second-order valence-electron chi connectivity index (χ2n) is 17.3. The van der Waals surface area contributed by atoms with Crippen LogP contribution in [0.3, 0.4) is 0 Å². The summed E-state index contributed by atoms with van der Waals surface area (Å²) in [6.45, 7) is 0. The number of hydrogen-bond acceptors (Lipinski definition) is 5. The molecule has 0 aliphatic rings. The summed E-state index contributed by atoms with van der Waals surface area (Å²) in [5.41, 5.74) is 17.0. The Morgan fingerprint density at radius 3 is 1.46 bits per heavy atom. The lowest BCUT2D eigenvalue weighted by molar-refractivity contribution is 1.13. The van der Waals surface area contributed by atoms with Gasteiger partial charge in [0.2, 0.25) is 0 Å². The van der Waals surface area contributed by atoms with Crippen LogP contribution in [0.15, 0.2) is 243 Å². The molecule has 6 heterocycles. The Bertz CT molecular complexity index is 3940.